The third kappa shape index (κ3) is 3.59. The number of rotatable bonds is 3. The predicted molar refractivity (Wildman–Crippen MR) is 89.4 cm³/mol. The fraction of sp³-hybridized carbons (Fsp3) is 0.444. The number of ether oxygens (including phenoxy) is 2. The highest BCUT2D eigenvalue weighted by atomic mass is 16.5. The van der Waals surface area contributed by atoms with E-state index in [0.717, 1.165) is 0 Å². The summed E-state index contributed by atoms with van der Waals surface area (Å²) in [6.07, 6.45) is 5.42. The molecule has 1 N–H and O–H groups in total. The standard InChI is InChI=1S/C13H14N2O3.C5H8O/c1-8-12(9(2)18-15-8)14-13(16)10-4-6-11(17-3)7-5-10;1-2-5-3-4(1)6-5/h4-7H,1-3H3,(H,14,16);4-5H,1-3H2. The molecule has 3 aliphatic rings. The molecule has 5 rings (SSSR count). The molecule has 128 valence electrons. The van der Waals surface area contributed by atoms with Gasteiger partial charge < -0.3 is 19.3 Å². The Kier molecular flexibility index (Phi) is 4.85. The number of carbonyl (C=O) groups excluding carboxylic acids is 1. The molecule has 6 heteroatoms. The summed E-state index contributed by atoms with van der Waals surface area (Å²) >= 11 is 0. The van der Waals surface area contributed by atoms with Gasteiger partial charge >= 0.3 is 0 Å². The molecule has 1 saturated carbocycles. The lowest BCUT2D eigenvalue weighted by atomic mass is 10.2. The third-order valence-corrected chi connectivity index (χ3v) is 4.35. The summed E-state index contributed by atoms with van der Waals surface area (Å²) in [5, 5.41) is 6.56. The van der Waals surface area contributed by atoms with E-state index in [4.69, 9.17) is 14.0 Å². The van der Waals surface area contributed by atoms with Crippen LogP contribution in [0.5, 0.6) is 5.75 Å². The molecule has 3 fully saturated rings. The van der Waals surface area contributed by atoms with Crippen LogP contribution in [0.2, 0.25) is 0 Å². The van der Waals surface area contributed by atoms with Crippen LogP contribution in [0.3, 0.4) is 0 Å². The number of aromatic nitrogens is 1. The highest BCUT2D eigenvalue weighted by molar-refractivity contribution is 6.04. The van der Waals surface area contributed by atoms with Crippen molar-refractivity contribution in [2.24, 2.45) is 0 Å². The molecule has 1 aliphatic carbocycles. The number of anilines is 1. The van der Waals surface area contributed by atoms with E-state index in [9.17, 15) is 4.79 Å². The van der Waals surface area contributed by atoms with Gasteiger partial charge in [0.05, 0.1) is 19.3 Å². The second kappa shape index (κ2) is 7.05. The van der Waals surface area contributed by atoms with Crippen LogP contribution in [-0.2, 0) is 4.74 Å². The topological polar surface area (TPSA) is 73.6 Å². The van der Waals surface area contributed by atoms with Gasteiger partial charge in [-0.05, 0) is 57.4 Å². The first-order valence-corrected chi connectivity index (χ1v) is 8.10. The van der Waals surface area contributed by atoms with E-state index in [1.807, 2.05) is 0 Å². The number of amides is 1. The zero-order valence-corrected chi connectivity index (χ0v) is 14.2. The van der Waals surface area contributed by atoms with Crippen molar-refractivity contribution in [2.45, 2.75) is 45.3 Å². The molecule has 2 atom stereocenters. The van der Waals surface area contributed by atoms with Crippen LogP contribution in [0.4, 0.5) is 5.69 Å². The van der Waals surface area contributed by atoms with Crippen LogP contribution in [0, 0.1) is 13.8 Å². The largest absolute Gasteiger partial charge is 0.497 e. The van der Waals surface area contributed by atoms with Gasteiger partial charge in [0.25, 0.3) is 5.91 Å². The smallest absolute Gasteiger partial charge is 0.255 e. The number of hydrogen-bond acceptors (Lipinski definition) is 5. The highest BCUT2D eigenvalue weighted by Gasteiger charge is 2.36. The molecule has 0 spiro atoms. The number of hydrogen-bond donors (Lipinski definition) is 1. The number of nitrogens with one attached hydrogen (secondary N) is 1. The average Bonchev–Trinajstić information content (AvgIpc) is 3.29. The van der Waals surface area contributed by atoms with E-state index in [1.54, 1.807) is 45.2 Å². The highest BCUT2D eigenvalue weighted by Crippen LogP contribution is 2.36. The number of nitrogens with zero attached hydrogens (tertiary/aromatic N) is 1. The first kappa shape index (κ1) is 16.5. The minimum absolute atomic E-state index is 0.202. The molecule has 6 nitrogen and oxygen atoms in total. The molecule has 24 heavy (non-hydrogen) atoms. The molecular formula is C18H22N2O4. The number of benzene rings is 1. The van der Waals surface area contributed by atoms with Gasteiger partial charge in [0.1, 0.15) is 17.1 Å². The molecule has 3 heterocycles. The zero-order chi connectivity index (χ0) is 17.1. The average molecular weight is 330 g/mol. The maximum absolute atomic E-state index is 12.0. The number of carbonyl (C=O) groups is 1. The van der Waals surface area contributed by atoms with Crippen molar-refractivity contribution in [3.63, 3.8) is 0 Å². The summed E-state index contributed by atoms with van der Waals surface area (Å²) in [5.74, 6) is 1.10. The van der Waals surface area contributed by atoms with Crippen LogP contribution in [-0.4, -0.2) is 30.4 Å². The Morgan fingerprint density at radius 2 is 1.83 bits per heavy atom. The van der Waals surface area contributed by atoms with Crippen molar-refractivity contribution in [1.82, 2.24) is 5.16 Å². The Balaban J connectivity index is 0.000000231. The van der Waals surface area contributed by atoms with Crippen molar-refractivity contribution in [2.75, 3.05) is 12.4 Å². The monoisotopic (exact) mass is 330 g/mol. The van der Waals surface area contributed by atoms with E-state index in [2.05, 4.69) is 10.5 Å². The molecule has 1 aromatic carbocycles. The predicted octanol–water partition coefficient (Wildman–Crippen LogP) is 3.49. The molecule has 2 saturated heterocycles. The summed E-state index contributed by atoms with van der Waals surface area (Å²) < 4.78 is 15.3. The molecule has 1 aromatic heterocycles. The Hall–Kier alpha value is -2.34. The van der Waals surface area contributed by atoms with E-state index in [-0.39, 0.29) is 5.91 Å². The zero-order valence-electron chi connectivity index (χ0n) is 14.2. The lowest BCUT2D eigenvalue weighted by molar-refractivity contribution is -0.0647. The second-order valence-electron chi connectivity index (χ2n) is 6.07. The summed E-state index contributed by atoms with van der Waals surface area (Å²) in [5.41, 5.74) is 1.83. The maximum Gasteiger partial charge on any atom is 0.255 e. The minimum Gasteiger partial charge on any atom is -0.497 e. The number of aryl methyl sites for hydroxylation is 2. The van der Waals surface area contributed by atoms with Gasteiger partial charge in [0, 0.05) is 5.56 Å². The fourth-order valence-corrected chi connectivity index (χ4v) is 2.89. The molecular weight excluding hydrogens is 308 g/mol. The van der Waals surface area contributed by atoms with Crippen LogP contribution in [0.1, 0.15) is 41.1 Å². The van der Waals surface area contributed by atoms with Gasteiger partial charge in [-0.2, -0.15) is 0 Å². The SMILES string of the molecule is C1CC2CC1O2.COc1ccc(C(=O)Nc2c(C)noc2C)cc1. The van der Waals surface area contributed by atoms with Gasteiger partial charge in [-0.25, -0.2) is 0 Å². The summed E-state index contributed by atoms with van der Waals surface area (Å²) in [6.45, 7) is 3.53. The van der Waals surface area contributed by atoms with Crippen LogP contribution < -0.4 is 10.1 Å². The minimum atomic E-state index is -0.202. The summed E-state index contributed by atoms with van der Waals surface area (Å²) in [7, 11) is 1.58. The third-order valence-electron chi connectivity index (χ3n) is 4.35. The quantitative estimate of drug-likeness (QED) is 0.932. The first-order valence-electron chi connectivity index (χ1n) is 8.10. The van der Waals surface area contributed by atoms with E-state index in [1.165, 1.54) is 19.3 Å². The Morgan fingerprint density at radius 3 is 2.25 bits per heavy atom. The van der Waals surface area contributed by atoms with Gasteiger partial charge in [-0.15, -0.1) is 0 Å². The van der Waals surface area contributed by atoms with Crippen molar-refractivity contribution < 1.29 is 18.8 Å². The van der Waals surface area contributed by atoms with Crippen molar-refractivity contribution >= 4 is 11.6 Å². The van der Waals surface area contributed by atoms with Gasteiger partial charge in [0.15, 0.2) is 5.76 Å². The van der Waals surface area contributed by atoms with E-state index in [0.29, 0.717) is 40.7 Å². The number of methoxy groups -OCH3 is 1. The van der Waals surface area contributed by atoms with Gasteiger partial charge in [-0.1, -0.05) is 5.16 Å². The molecule has 2 bridgehead atoms. The maximum atomic E-state index is 12.0. The first-order chi connectivity index (χ1) is 11.6. The van der Waals surface area contributed by atoms with Gasteiger partial charge in [-0.3, -0.25) is 4.79 Å². The lowest BCUT2D eigenvalue weighted by Crippen LogP contribution is -2.25. The van der Waals surface area contributed by atoms with Crippen LogP contribution in [0.25, 0.3) is 0 Å². The van der Waals surface area contributed by atoms with Crippen molar-refractivity contribution in [3.8, 4) is 5.75 Å². The van der Waals surface area contributed by atoms with Crippen LogP contribution in [0.15, 0.2) is 28.8 Å². The van der Waals surface area contributed by atoms with Gasteiger partial charge in [0.2, 0.25) is 0 Å². The molecule has 0 radical (unpaired) electrons. The van der Waals surface area contributed by atoms with E-state index < -0.39 is 0 Å². The molecule has 2 unspecified atom stereocenters. The van der Waals surface area contributed by atoms with Crippen molar-refractivity contribution in [1.29, 1.82) is 0 Å². The Labute approximate surface area is 141 Å². The summed E-state index contributed by atoms with van der Waals surface area (Å²) in [6, 6.07) is 6.88. The molecule has 1 amide bonds. The Bertz CT molecular complexity index is 669. The fourth-order valence-electron chi connectivity index (χ4n) is 2.89. The Morgan fingerprint density at radius 1 is 1.21 bits per heavy atom. The van der Waals surface area contributed by atoms with Crippen molar-refractivity contribution in [3.05, 3.63) is 41.3 Å². The lowest BCUT2D eigenvalue weighted by Gasteiger charge is -2.23. The second-order valence-corrected chi connectivity index (χ2v) is 6.07. The molecule has 2 aliphatic heterocycles. The molecule has 2 aromatic rings. The van der Waals surface area contributed by atoms with E-state index >= 15 is 0 Å². The normalized spacial score (nSPS) is 20.6. The summed E-state index contributed by atoms with van der Waals surface area (Å²) in [4.78, 5) is 12.0. The number of fused-ring (bicyclic) bond motifs is 1. The van der Waals surface area contributed by atoms with Crippen LogP contribution >= 0.6 is 0 Å².